The Balaban J connectivity index is 1.99. The molecule has 1 aliphatic rings. The van der Waals surface area contributed by atoms with E-state index in [1.165, 1.54) is 25.7 Å². The van der Waals surface area contributed by atoms with Gasteiger partial charge in [0.1, 0.15) is 0 Å². The minimum absolute atomic E-state index is 0.457. The Morgan fingerprint density at radius 2 is 2.18 bits per heavy atom. The van der Waals surface area contributed by atoms with Crippen molar-refractivity contribution >= 4 is 11.8 Å². The second-order valence-electron chi connectivity index (χ2n) is 4.98. The molecule has 17 heavy (non-hydrogen) atoms. The highest BCUT2D eigenvalue weighted by molar-refractivity contribution is 7.99. The Morgan fingerprint density at radius 1 is 1.47 bits per heavy atom. The second-order valence-corrected chi connectivity index (χ2v) is 5.93. The van der Waals surface area contributed by atoms with E-state index in [0.717, 1.165) is 11.6 Å². The third-order valence-corrected chi connectivity index (χ3v) is 4.70. The van der Waals surface area contributed by atoms with E-state index in [4.69, 9.17) is 0 Å². The first kappa shape index (κ1) is 12.8. The molecule has 0 spiro atoms. The van der Waals surface area contributed by atoms with Gasteiger partial charge in [0.2, 0.25) is 5.16 Å². The highest BCUT2D eigenvalue weighted by atomic mass is 32.2. The van der Waals surface area contributed by atoms with Crippen molar-refractivity contribution < 1.29 is 5.11 Å². The summed E-state index contributed by atoms with van der Waals surface area (Å²) in [5, 5.41) is 22.7. The van der Waals surface area contributed by atoms with Gasteiger partial charge in [-0.1, -0.05) is 31.5 Å². The third-order valence-electron chi connectivity index (χ3n) is 3.41. The summed E-state index contributed by atoms with van der Waals surface area (Å²) in [4.78, 5) is 0. The van der Waals surface area contributed by atoms with Crippen LogP contribution in [0.3, 0.4) is 0 Å². The molecule has 0 bridgehead atoms. The van der Waals surface area contributed by atoms with E-state index in [1.807, 2.05) is 18.5 Å². The molecule has 1 atom stereocenters. The molecule has 1 heterocycles. The molecule has 0 saturated heterocycles. The summed E-state index contributed by atoms with van der Waals surface area (Å²) in [5.41, 5.74) is -0.642. The number of nitrogens with zero attached hydrogens (tertiary/aromatic N) is 4. The summed E-state index contributed by atoms with van der Waals surface area (Å²) in [6.45, 7) is 3.84. The Bertz CT molecular complexity index is 360. The molecule has 0 aliphatic heterocycles. The minimum atomic E-state index is -0.642. The SMILES string of the molecule is CC[C@](C)(O)CSc1nnnn1C1CCCC1. The molecule has 1 aromatic rings. The number of rotatable bonds is 5. The molecule has 1 fully saturated rings. The minimum Gasteiger partial charge on any atom is -0.389 e. The van der Waals surface area contributed by atoms with Crippen LogP contribution >= 0.6 is 11.8 Å². The van der Waals surface area contributed by atoms with E-state index in [1.54, 1.807) is 11.8 Å². The monoisotopic (exact) mass is 256 g/mol. The van der Waals surface area contributed by atoms with Crippen LogP contribution in [0.15, 0.2) is 5.16 Å². The van der Waals surface area contributed by atoms with Crippen molar-refractivity contribution in [3.8, 4) is 0 Å². The van der Waals surface area contributed by atoms with E-state index in [-0.39, 0.29) is 0 Å². The zero-order chi connectivity index (χ0) is 12.3. The zero-order valence-electron chi connectivity index (χ0n) is 10.5. The van der Waals surface area contributed by atoms with Gasteiger partial charge in [0, 0.05) is 5.75 Å². The van der Waals surface area contributed by atoms with Crippen LogP contribution in [-0.4, -0.2) is 36.7 Å². The molecule has 0 radical (unpaired) electrons. The molecule has 1 aliphatic carbocycles. The van der Waals surface area contributed by atoms with Crippen molar-refractivity contribution in [2.45, 2.75) is 62.8 Å². The Hall–Kier alpha value is -0.620. The number of tetrazole rings is 1. The lowest BCUT2D eigenvalue weighted by molar-refractivity contribution is 0.0815. The van der Waals surface area contributed by atoms with E-state index in [0.29, 0.717) is 11.8 Å². The number of hydrogen-bond acceptors (Lipinski definition) is 5. The van der Waals surface area contributed by atoms with Crippen molar-refractivity contribution in [1.29, 1.82) is 0 Å². The van der Waals surface area contributed by atoms with Crippen molar-refractivity contribution in [1.82, 2.24) is 20.2 Å². The summed E-state index contributed by atoms with van der Waals surface area (Å²) < 4.78 is 1.93. The fourth-order valence-corrected chi connectivity index (χ4v) is 3.04. The number of thioether (sulfide) groups is 1. The fourth-order valence-electron chi connectivity index (χ4n) is 1.98. The van der Waals surface area contributed by atoms with E-state index in [2.05, 4.69) is 15.5 Å². The average molecular weight is 256 g/mol. The standard InChI is InChI=1S/C11H20N4OS/c1-3-11(2,16)8-17-10-12-13-14-15(10)9-6-4-5-7-9/h9,16H,3-8H2,1-2H3/t11-/m0/s1. The van der Waals surface area contributed by atoms with Crippen LogP contribution in [0.25, 0.3) is 0 Å². The van der Waals surface area contributed by atoms with E-state index < -0.39 is 5.60 Å². The predicted octanol–water partition coefficient (Wildman–Crippen LogP) is 2.04. The number of aromatic nitrogens is 4. The largest absolute Gasteiger partial charge is 0.389 e. The fraction of sp³-hybridized carbons (Fsp3) is 0.909. The van der Waals surface area contributed by atoms with Crippen molar-refractivity contribution in [2.75, 3.05) is 5.75 Å². The topological polar surface area (TPSA) is 63.8 Å². The second kappa shape index (κ2) is 5.35. The summed E-state index contributed by atoms with van der Waals surface area (Å²) >= 11 is 1.55. The maximum atomic E-state index is 9.98. The first-order valence-electron chi connectivity index (χ1n) is 6.25. The van der Waals surface area contributed by atoms with Gasteiger partial charge in [-0.15, -0.1) is 5.10 Å². The molecule has 0 aromatic carbocycles. The summed E-state index contributed by atoms with van der Waals surface area (Å²) in [6, 6.07) is 0.457. The molecule has 0 amide bonds. The lowest BCUT2D eigenvalue weighted by atomic mass is 10.1. The maximum Gasteiger partial charge on any atom is 0.209 e. The van der Waals surface area contributed by atoms with Gasteiger partial charge in [0.15, 0.2) is 0 Å². The van der Waals surface area contributed by atoms with Gasteiger partial charge in [0.05, 0.1) is 11.6 Å². The molecule has 6 heteroatoms. The molecule has 0 unspecified atom stereocenters. The zero-order valence-corrected chi connectivity index (χ0v) is 11.3. The summed E-state index contributed by atoms with van der Waals surface area (Å²) in [7, 11) is 0. The third kappa shape index (κ3) is 3.19. The van der Waals surface area contributed by atoms with Gasteiger partial charge >= 0.3 is 0 Å². The molecular formula is C11H20N4OS. The Kier molecular flexibility index (Phi) is 4.04. The van der Waals surface area contributed by atoms with Crippen LogP contribution < -0.4 is 0 Å². The average Bonchev–Trinajstić information content (AvgIpc) is 2.96. The molecule has 1 N–H and O–H groups in total. The highest BCUT2D eigenvalue weighted by Crippen LogP contribution is 2.32. The lowest BCUT2D eigenvalue weighted by Gasteiger charge is -2.20. The number of aliphatic hydroxyl groups is 1. The molecule has 1 saturated carbocycles. The van der Waals surface area contributed by atoms with Crippen molar-refractivity contribution in [2.24, 2.45) is 0 Å². The van der Waals surface area contributed by atoms with Crippen LogP contribution in [0, 0.1) is 0 Å². The molecule has 2 rings (SSSR count). The molecular weight excluding hydrogens is 236 g/mol. The van der Waals surface area contributed by atoms with Gasteiger partial charge in [-0.3, -0.25) is 0 Å². The van der Waals surface area contributed by atoms with E-state index >= 15 is 0 Å². The predicted molar refractivity (Wildman–Crippen MR) is 67.0 cm³/mol. The van der Waals surface area contributed by atoms with Gasteiger partial charge in [-0.05, 0) is 36.6 Å². The quantitative estimate of drug-likeness (QED) is 0.817. The highest BCUT2D eigenvalue weighted by Gasteiger charge is 2.24. The Labute approximate surface area is 106 Å². The first-order valence-corrected chi connectivity index (χ1v) is 7.24. The van der Waals surface area contributed by atoms with Crippen LogP contribution in [0.1, 0.15) is 52.0 Å². The van der Waals surface area contributed by atoms with Gasteiger partial charge in [0.25, 0.3) is 0 Å². The van der Waals surface area contributed by atoms with Gasteiger partial charge in [-0.2, -0.15) is 0 Å². The van der Waals surface area contributed by atoms with Gasteiger partial charge < -0.3 is 5.11 Å². The van der Waals surface area contributed by atoms with Gasteiger partial charge in [-0.25, -0.2) is 4.68 Å². The van der Waals surface area contributed by atoms with E-state index in [9.17, 15) is 5.11 Å². The van der Waals surface area contributed by atoms with Crippen molar-refractivity contribution in [3.05, 3.63) is 0 Å². The smallest absolute Gasteiger partial charge is 0.209 e. The van der Waals surface area contributed by atoms with Crippen LogP contribution in [0.4, 0.5) is 0 Å². The first-order chi connectivity index (χ1) is 8.12. The summed E-state index contributed by atoms with van der Waals surface area (Å²) in [5.74, 6) is 0.636. The summed E-state index contributed by atoms with van der Waals surface area (Å²) in [6.07, 6.45) is 5.61. The molecule has 1 aromatic heterocycles. The number of hydrogen-bond donors (Lipinski definition) is 1. The molecule has 5 nitrogen and oxygen atoms in total. The maximum absolute atomic E-state index is 9.98. The van der Waals surface area contributed by atoms with Crippen LogP contribution in [0.5, 0.6) is 0 Å². The normalized spacial score (nSPS) is 20.6. The lowest BCUT2D eigenvalue weighted by Crippen LogP contribution is -2.26. The van der Waals surface area contributed by atoms with Crippen LogP contribution in [0.2, 0.25) is 0 Å². The van der Waals surface area contributed by atoms with Crippen LogP contribution in [-0.2, 0) is 0 Å². The Morgan fingerprint density at radius 3 is 2.82 bits per heavy atom. The molecule has 96 valence electrons. The van der Waals surface area contributed by atoms with Crippen molar-refractivity contribution in [3.63, 3.8) is 0 Å².